The number of nitriles is 1. The maximum Gasteiger partial charge on any atom is 0.138 e. The number of rotatable bonds is 3. The summed E-state index contributed by atoms with van der Waals surface area (Å²) < 4.78 is 20.2. The average Bonchev–Trinajstić information content (AvgIpc) is 2.47. The zero-order chi connectivity index (χ0) is 14.6. The van der Waals surface area contributed by atoms with Crippen LogP contribution in [0.2, 0.25) is 0 Å². The lowest BCUT2D eigenvalue weighted by molar-refractivity contribution is 0.115. The zero-order valence-corrected chi connectivity index (χ0v) is 11.4. The minimum absolute atomic E-state index is 0.314. The van der Waals surface area contributed by atoms with E-state index in [2.05, 4.69) is 5.32 Å². The highest BCUT2D eigenvalue weighted by Crippen LogP contribution is 2.38. The Hall–Kier alpha value is -2.06. The van der Waals surface area contributed by atoms with E-state index in [1.54, 1.807) is 18.2 Å². The summed E-state index contributed by atoms with van der Waals surface area (Å²) in [5, 5.41) is 11.8. The molecule has 1 aliphatic rings. The van der Waals surface area contributed by atoms with Crippen LogP contribution in [-0.2, 0) is 5.67 Å². The number of halogens is 1. The summed E-state index contributed by atoms with van der Waals surface area (Å²) in [5.74, 6) is 0.488. The summed E-state index contributed by atoms with van der Waals surface area (Å²) >= 11 is 0. The van der Waals surface area contributed by atoms with Crippen LogP contribution in [0.15, 0.2) is 24.3 Å². The fourth-order valence-corrected chi connectivity index (χ4v) is 2.47. The number of alkyl halides is 1. The number of ether oxygens (including phenoxy) is 1. The summed E-state index contributed by atoms with van der Waals surface area (Å²) in [6.45, 7) is 1.33. The van der Waals surface area contributed by atoms with Crippen molar-refractivity contribution >= 4 is 5.70 Å². The Kier molecular flexibility index (Phi) is 4.26. The minimum atomic E-state index is -1.33. The maximum atomic E-state index is 14.9. The lowest BCUT2D eigenvalue weighted by atomic mass is 9.86. The molecule has 1 saturated heterocycles. The predicted octanol–water partition coefficient (Wildman–Crippen LogP) is 2.07. The van der Waals surface area contributed by atoms with E-state index in [4.69, 9.17) is 15.7 Å². The molecule has 0 amide bonds. The van der Waals surface area contributed by atoms with Gasteiger partial charge in [-0.15, -0.1) is 0 Å². The number of hydrogen-bond acceptors (Lipinski definition) is 4. The molecule has 0 saturated carbocycles. The molecule has 0 unspecified atom stereocenters. The number of hydrogen-bond donors (Lipinski definition) is 2. The molecule has 1 aromatic carbocycles. The average molecular weight is 275 g/mol. The Bertz CT molecular complexity index is 557. The van der Waals surface area contributed by atoms with Crippen LogP contribution < -0.4 is 15.8 Å². The van der Waals surface area contributed by atoms with E-state index in [1.807, 2.05) is 6.07 Å². The quantitative estimate of drug-likeness (QED) is 0.828. The van der Waals surface area contributed by atoms with Gasteiger partial charge >= 0.3 is 0 Å². The van der Waals surface area contributed by atoms with E-state index in [0.29, 0.717) is 48.5 Å². The third kappa shape index (κ3) is 2.75. The third-order valence-corrected chi connectivity index (χ3v) is 3.65. The van der Waals surface area contributed by atoms with Gasteiger partial charge in [-0.25, -0.2) is 4.39 Å². The largest absolute Gasteiger partial charge is 0.496 e. The molecule has 0 atom stereocenters. The van der Waals surface area contributed by atoms with Crippen LogP contribution in [0, 0.1) is 11.3 Å². The molecular weight excluding hydrogens is 257 g/mol. The van der Waals surface area contributed by atoms with Crippen LogP contribution >= 0.6 is 0 Å². The fraction of sp³-hybridized carbons (Fsp3) is 0.400. The number of nitrogens with two attached hydrogens (primary N) is 1. The van der Waals surface area contributed by atoms with Crippen LogP contribution in [0.5, 0.6) is 5.75 Å². The lowest BCUT2D eigenvalue weighted by Gasteiger charge is -2.31. The summed E-state index contributed by atoms with van der Waals surface area (Å²) in [5.41, 5.74) is 5.99. The van der Waals surface area contributed by atoms with Gasteiger partial charge in [-0.2, -0.15) is 5.26 Å². The molecule has 2 rings (SSSR count). The van der Waals surface area contributed by atoms with Gasteiger partial charge in [0.1, 0.15) is 11.4 Å². The molecule has 1 heterocycles. The minimum Gasteiger partial charge on any atom is -0.496 e. The molecule has 4 nitrogen and oxygen atoms in total. The molecular formula is C15H18FN3O. The van der Waals surface area contributed by atoms with Crippen molar-refractivity contribution in [2.75, 3.05) is 20.2 Å². The molecule has 1 fully saturated rings. The molecule has 0 aromatic heterocycles. The standard InChI is InChI=1S/C15H18FN3O/c1-20-14-10-11(15(16)5-8-19-9-6-15)2-3-12(14)13(18)4-7-17/h2-4,10,19H,5-6,8-9,18H2,1H3/b13-4-. The molecule has 106 valence electrons. The van der Waals surface area contributed by atoms with Gasteiger partial charge in [0.25, 0.3) is 0 Å². The van der Waals surface area contributed by atoms with Gasteiger partial charge in [-0.1, -0.05) is 6.07 Å². The molecule has 0 spiro atoms. The summed E-state index contributed by atoms with van der Waals surface area (Å²) in [6.07, 6.45) is 2.13. The fourth-order valence-electron chi connectivity index (χ4n) is 2.47. The van der Waals surface area contributed by atoms with Crippen molar-refractivity contribution < 1.29 is 9.13 Å². The van der Waals surface area contributed by atoms with Crippen molar-refractivity contribution in [1.29, 1.82) is 5.26 Å². The van der Waals surface area contributed by atoms with Gasteiger partial charge in [0, 0.05) is 11.6 Å². The summed E-state index contributed by atoms with van der Waals surface area (Å²) in [4.78, 5) is 0. The molecule has 1 aromatic rings. The van der Waals surface area contributed by atoms with Crippen LogP contribution in [0.1, 0.15) is 24.0 Å². The maximum absolute atomic E-state index is 14.9. The van der Waals surface area contributed by atoms with E-state index in [1.165, 1.54) is 13.2 Å². The Balaban J connectivity index is 2.39. The van der Waals surface area contributed by atoms with Gasteiger partial charge in [-0.05, 0) is 43.6 Å². The first-order chi connectivity index (χ1) is 9.60. The SMILES string of the molecule is COc1cc(C2(F)CCNCC2)ccc1/C(N)=C/C#N. The number of piperidine rings is 1. The van der Waals surface area contributed by atoms with Gasteiger partial charge in [0.2, 0.25) is 0 Å². The topological polar surface area (TPSA) is 71.1 Å². The smallest absolute Gasteiger partial charge is 0.138 e. The molecule has 0 radical (unpaired) electrons. The number of nitrogens with one attached hydrogen (secondary N) is 1. The number of benzene rings is 1. The second kappa shape index (κ2) is 5.93. The first-order valence-corrected chi connectivity index (χ1v) is 6.54. The van der Waals surface area contributed by atoms with E-state index < -0.39 is 5.67 Å². The van der Waals surface area contributed by atoms with Crippen molar-refractivity contribution in [3.63, 3.8) is 0 Å². The van der Waals surface area contributed by atoms with Crippen LogP contribution in [0.3, 0.4) is 0 Å². The zero-order valence-electron chi connectivity index (χ0n) is 11.4. The van der Waals surface area contributed by atoms with E-state index in [0.717, 1.165) is 0 Å². The van der Waals surface area contributed by atoms with Crippen molar-refractivity contribution in [1.82, 2.24) is 5.32 Å². The second-order valence-corrected chi connectivity index (χ2v) is 4.86. The molecule has 3 N–H and O–H groups in total. The third-order valence-electron chi connectivity index (χ3n) is 3.65. The van der Waals surface area contributed by atoms with Crippen molar-refractivity contribution in [2.45, 2.75) is 18.5 Å². The van der Waals surface area contributed by atoms with Crippen molar-refractivity contribution in [2.24, 2.45) is 5.73 Å². The Morgan fingerprint density at radius 1 is 1.50 bits per heavy atom. The lowest BCUT2D eigenvalue weighted by Crippen LogP contribution is -2.36. The van der Waals surface area contributed by atoms with E-state index in [9.17, 15) is 4.39 Å². The first kappa shape index (κ1) is 14.4. The highest BCUT2D eigenvalue weighted by Gasteiger charge is 2.34. The van der Waals surface area contributed by atoms with Crippen LogP contribution in [0.4, 0.5) is 4.39 Å². The number of nitrogens with zero attached hydrogens (tertiary/aromatic N) is 1. The Morgan fingerprint density at radius 2 is 2.20 bits per heavy atom. The monoisotopic (exact) mass is 275 g/mol. The summed E-state index contributed by atoms with van der Waals surface area (Å²) in [6, 6.07) is 6.99. The molecule has 0 bridgehead atoms. The van der Waals surface area contributed by atoms with Crippen LogP contribution in [-0.4, -0.2) is 20.2 Å². The molecule has 5 heteroatoms. The number of methoxy groups -OCH3 is 1. The van der Waals surface area contributed by atoms with Crippen LogP contribution in [0.25, 0.3) is 5.70 Å². The highest BCUT2D eigenvalue weighted by molar-refractivity contribution is 5.70. The molecule has 1 aliphatic heterocycles. The van der Waals surface area contributed by atoms with Crippen molar-refractivity contribution in [3.05, 3.63) is 35.4 Å². The van der Waals surface area contributed by atoms with Gasteiger partial charge in [-0.3, -0.25) is 0 Å². The highest BCUT2D eigenvalue weighted by atomic mass is 19.1. The first-order valence-electron chi connectivity index (χ1n) is 6.54. The Labute approximate surface area is 118 Å². The van der Waals surface area contributed by atoms with E-state index >= 15 is 0 Å². The second-order valence-electron chi connectivity index (χ2n) is 4.86. The van der Waals surface area contributed by atoms with Crippen molar-refractivity contribution in [3.8, 4) is 11.8 Å². The Morgan fingerprint density at radius 3 is 2.80 bits per heavy atom. The van der Waals surface area contributed by atoms with Gasteiger partial charge in [0.15, 0.2) is 0 Å². The molecule has 0 aliphatic carbocycles. The van der Waals surface area contributed by atoms with E-state index in [-0.39, 0.29) is 0 Å². The normalized spacial score (nSPS) is 18.4. The number of allylic oxidation sites excluding steroid dienone is 1. The van der Waals surface area contributed by atoms with Gasteiger partial charge in [0.05, 0.1) is 18.9 Å². The van der Waals surface area contributed by atoms with Gasteiger partial charge < -0.3 is 15.8 Å². The predicted molar refractivity (Wildman–Crippen MR) is 75.7 cm³/mol. The summed E-state index contributed by atoms with van der Waals surface area (Å²) in [7, 11) is 1.51. The molecule has 20 heavy (non-hydrogen) atoms.